The van der Waals surface area contributed by atoms with E-state index in [4.69, 9.17) is 0 Å². The molecule has 0 aromatic carbocycles. The minimum Gasteiger partial charge on any atom is -0.389 e. The lowest BCUT2D eigenvalue weighted by molar-refractivity contribution is 0.0136. The molecule has 2 rings (SSSR count). The van der Waals surface area contributed by atoms with Crippen LogP contribution in [0.2, 0.25) is 0 Å². The Bertz CT molecular complexity index is 382. The average Bonchev–Trinajstić information content (AvgIpc) is 2.87. The summed E-state index contributed by atoms with van der Waals surface area (Å²) in [6, 6.07) is 0.325. The second kappa shape index (κ2) is 5.36. The van der Waals surface area contributed by atoms with Gasteiger partial charge in [0, 0.05) is 12.6 Å². The minimum atomic E-state index is -0.489. The number of likely N-dealkylation sites (N-methyl/N-ethyl adjacent to an activating group) is 1. The lowest BCUT2D eigenvalue weighted by Gasteiger charge is -2.28. The maximum atomic E-state index is 10.4. The molecule has 1 aromatic rings. The highest BCUT2D eigenvalue weighted by molar-refractivity contribution is 4.90. The van der Waals surface area contributed by atoms with Gasteiger partial charge >= 0.3 is 0 Å². The molecule has 0 bridgehead atoms. The Morgan fingerprint density at radius 3 is 2.72 bits per heavy atom. The molecule has 5 nitrogen and oxygen atoms in total. The summed E-state index contributed by atoms with van der Waals surface area (Å²) in [4.78, 5) is 6.45. The zero-order chi connectivity index (χ0) is 13.2. The number of aromatic nitrogens is 3. The molecule has 0 unspecified atom stereocenters. The van der Waals surface area contributed by atoms with Gasteiger partial charge in [-0.15, -0.1) is 0 Å². The number of hydrogen-bond donors (Lipinski definition) is 1. The SMILES string of the molecule is CC(C)n1ncnc1CN(C)CC1(O)CCCC1. The largest absolute Gasteiger partial charge is 0.389 e. The summed E-state index contributed by atoms with van der Waals surface area (Å²) in [6.07, 6.45) is 5.74. The Morgan fingerprint density at radius 2 is 2.11 bits per heavy atom. The normalized spacial score (nSPS) is 19.0. The fourth-order valence-corrected chi connectivity index (χ4v) is 2.81. The Hall–Kier alpha value is -0.940. The van der Waals surface area contributed by atoms with Crippen molar-refractivity contribution in [3.8, 4) is 0 Å². The Labute approximate surface area is 109 Å². The van der Waals surface area contributed by atoms with Crippen molar-refractivity contribution in [1.29, 1.82) is 0 Å². The molecular weight excluding hydrogens is 228 g/mol. The third-order valence-electron chi connectivity index (χ3n) is 3.65. The van der Waals surface area contributed by atoms with E-state index in [-0.39, 0.29) is 0 Å². The molecule has 0 aliphatic heterocycles. The topological polar surface area (TPSA) is 54.2 Å². The fraction of sp³-hybridized carbons (Fsp3) is 0.846. The molecule has 5 heteroatoms. The zero-order valence-electron chi connectivity index (χ0n) is 11.6. The van der Waals surface area contributed by atoms with Gasteiger partial charge in [0.05, 0.1) is 12.1 Å². The summed E-state index contributed by atoms with van der Waals surface area (Å²) in [6.45, 7) is 5.66. The van der Waals surface area contributed by atoms with Crippen molar-refractivity contribution in [3.63, 3.8) is 0 Å². The monoisotopic (exact) mass is 252 g/mol. The average molecular weight is 252 g/mol. The molecule has 1 aliphatic rings. The lowest BCUT2D eigenvalue weighted by Crippen LogP contribution is -2.39. The Morgan fingerprint density at radius 1 is 1.44 bits per heavy atom. The van der Waals surface area contributed by atoms with Crippen LogP contribution in [0.15, 0.2) is 6.33 Å². The highest BCUT2D eigenvalue weighted by atomic mass is 16.3. The quantitative estimate of drug-likeness (QED) is 0.864. The first-order chi connectivity index (χ1) is 8.50. The number of hydrogen-bond acceptors (Lipinski definition) is 4. The molecule has 1 fully saturated rings. The van der Waals surface area contributed by atoms with Crippen molar-refractivity contribution in [1.82, 2.24) is 19.7 Å². The van der Waals surface area contributed by atoms with Crippen molar-refractivity contribution < 1.29 is 5.11 Å². The first-order valence-electron chi connectivity index (χ1n) is 6.79. The van der Waals surface area contributed by atoms with Crippen LogP contribution in [-0.4, -0.2) is 44.0 Å². The van der Waals surface area contributed by atoms with Gasteiger partial charge in [-0.25, -0.2) is 9.67 Å². The van der Waals surface area contributed by atoms with Gasteiger partial charge < -0.3 is 5.11 Å². The van der Waals surface area contributed by atoms with Gasteiger partial charge in [-0.3, -0.25) is 4.90 Å². The van der Waals surface area contributed by atoms with Gasteiger partial charge in [0.1, 0.15) is 12.2 Å². The first-order valence-corrected chi connectivity index (χ1v) is 6.79. The number of rotatable bonds is 5. The lowest BCUT2D eigenvalue weighted by atomic mass is 10.0. The van der Waals surface area contributed by atoms with Crippen LogP contribution in [0.4, 0.5) is 0 Å². The molecule has 0 amide bonds. The molecule has 1 aromatic heterocycles. The molecule has 0 radical (unpaired) electrons. The summed E-state index contributed by atoms with van der Waals surface area (Å²) in [7, 11) is 2.04. The Balaban J connectivity index is 1.94. The van der Waals surface area contributed by atoms with Crippen molar-refractivity contribution in [2.45, 2.75) is 57.7 Å². The van der Waals surface area contributed by atoms with Gasteiger partial charge in [-0.05, 0) is 33.7 Å². The maximum Gasteiger partial charge on any atom is 0.141 e. The van der Waals surface area contributed by atoms with E-state index < -0.39 is 5.60 Å². The van der Waals surface area contributed by atoms with Crippen molar-refractivity contribution in [3.05, 3.63) is 12.2 Å². The summed E-state index contributed by atoms with van der Waals surface area (Å²) < 4.78 is 1.94. The number of nitrogens with zero attached hydrogens (tertiary/aromatic N) is 4. The highest BCUT2D eigenvalue weighted by Gasteiger charge is 2.32. The molecule has 1 heterocycles. The van der Waals surface area contributed by atoms with Crippen LogP contribution in [-0.2, 0) is 6.54 Å². The first kappa shape index (κ1) is 13.5. The zero-order valence-corrected chi connectivity index (χ0v) is 11.6. The molecule has 1 N–H and O–H groups in total. The molecule has 0 atom stereocenters. The third-order valence-corrected chi connectivity index (χ3v) is 3.65. The van der Waals surface area contributed by atoms with Gasteiger partial charge in [-0.2, -0.15) is 5.10 Å². The molecule has 1 aliphatic carbocycles. The van der Waals surface area contributed by atoms with Crippen LogP contribution >= 0.6 is 0 Å². The standard InChI is InChI=1S/C13H24N4O/c1-11(2)17-12(14-10-15-17)8-16(3)9-13(18)6-4-5-7-13/h10-11,18H,4-9H2,1-3H3. The van der Waals surface area contributed by atoms with Crippen LogP contribution in [0.1, 0.15) is 51.4 Å². The van der Waals surface area contributed by atoms with Gasteiger partial charge in [0.2, 0.25) is 0 Å². The van der Waals surface area contributed by atoms with E-state index in [0.29, 0.717) is 6.04 Å². The summed E-state index contributed by atoms with van der Waals surface area (Å²) in [5.74, 6) is 0.967. The van der Waals surface area contributed by atoms with Crippen LogP contribution < -0.4 is 0 Å². The van der Waals surface area contributed by atoms with Crippen LogP contribution in [0.25, 0.3) is 0 Å². The number of aliphatic hydroxyl groups is 1. The Kier molecular flexibility index (Phi) is 4.02. The van der Waals surface area contributed by atoms with E-state index in [1.807, 2.05) is 11.7 Å². The summed E-state index contributed by atoms with van der Waals surface area (Å²) >= 11 is 0. The molecule has 0 spiro atoms. The minimum absolute atomic E-state index is 0.325. The smallest absolute Gasteiger partial charge is 0.141 e. The second-order valence-corrected chi connectivity index (χ2v) is 5.82. The van der Waals surface area contributed by atoms with E-state index in [1.165, 1.54) is 0 Å². The second-order valence-electron chi connectivity index (χ2n) is 5.82. The van der Waals surface area contributed by atoms with Crippen LogP contribution in [0, 0.1) is 0 Å². The van der Waals surface area contributed by atoms with Crippen LogP contribution in [0.5, 0.6) is 0 Å². The summed E-state index contributed by atoms with van der Waals surface area (Å²) in [5.41, 5.74) is -0.489. The van der Waals surface area contributed by atoms with E-state index >= 15 is 0 Å². The molecule has 1 saturated carbocycles. The predicted octanol–water partition coefficient (Wildman–Crippen LogP) is 1.60. The van der Waals surface area contributed by atoms with Gasteiger partial charge in [0.25, 0.3) is 0 Å². The van der Waals surface area contributed by atoms with Crippen molar-refractivity contribution in [2.75, 3.05) is 13.6 Å². The van der Waals surface area contributed by atoms with Crippen molar-refractivity contribution in [2.24, 2.45) is 0 Å². The summed E-state index contributed by atoms with van der Waals surface area (Å²) in [5, 5.41) is 14.6. The molecule has 18 heavy (non-hydrogen) atoms. The third kappa shape index (κ3) is 3.09. The van der Waals surface area contributed by atoms with E-state index in [9.17, 15) is 5.11 Å². The van der Waals surface area contributed by atoms with Gasteiger partial charge in [0.15, 0.2) is 0 Å². The van der Waals surface area contributed by atoms with E-state index in [1.54, 1.807) is 6.33 Å². The van der Waals surface area contributed by atoms with E-state index in [0.717, 1.165) is 44.6 Å². The van der Waals surface area contributed by atoms with Gasteiger partial charge in [-0.1, -0.05) is 12.8 Å². The fourth-order valence-electron chi connectivity index (χ4n) is 2.81. The highest BCUT2D eigenvalue weighted by Crippen LogP contribution is 2.30. The van der Waals surface area contributed by atoms with E-state index in [2.05, 4.69) is 28.8 Å². The maximum absolute atomic E-state index is 10.4. The molecular formula is C13H24N4O. The molecule has 0 saturated heterocycles. The molecule has 102 valence electrons. The van der Waals surface area contributed by atoms with Crippen LogP contribution in [0.3, 0.4) is 0 Å². The predicted molar refractivity (Wildman–Crippen MR) is 70.2 cm³/mol. The van der Waals surface area contributed by atoms with Crippen molar-refractivity contribution >= 4 is 0 Å².